The summed E-state index contributed by atoms with van der Waals surface area (Å²) in [5.74, 6) is 2.35. The highest BCUT2D eigenvalue weighted by atomic mass is 16.5. The van der Waals surface area contributed by atoms with Crippen molar-refractivity contribution in [2.75, 3.05) is 33.9 Å². The number of hydrogen-bond acceptors (Lipinski definition) is 4. The lowest BCUT2D eigenvalue weighted by Crippen LogP contribution is -2.38. The van der Waals surface area contributed by atoms with Gasteiger partial charge in [0.05, 0.1) is 20.3 Å². The number of nitrogens with one attached hydrogen (secondary N) is 1. The van der Waals surface area contributed by atoms with Gasteiger partial charge in [-0.3, -0.25) is 0 Å². The number of benzene rings is 2. The van der Waals surface area contributed by atoms with Crippen LogP contribution >= 0.6 is 0 Å². The standard InChI is InChI=1S/C20H26N2O4/c1-4-25-18-7-5-16(6-8-18)15-22(2)20(23)21-13-14-26-19-11-9-17(24-3)10-12-19/h5-12H,4,13-15H2,1-3H3,(H,21,23). The van der Waals surface area contributed by atoms with Crippen molar-refractivity contribution in [3.63, 3.8) is 0 Å². The lowest BCUT2D eigenvalue weighted by molar-refractivity contribution is 0.203. The molecule has 0 radical (unpaired) electrons. The molecule has 0 saturated heterocycles. The zero-order chi connectivity index (χ0) is 18.8. The summed E-state index contributed by atoms with van der Waals surface area (Å²) >= 11 is 0. The van der Waals surface area contributed by atoms with Gasteiger partial charge in [-0.15, -0.1) is 0 Å². The number of rotatable bonds is 9. The van der Waals surface area contributed by atoms with Gasteiger partial charge in [0.2, 0.25) is 0 Å². The lowest BCUT2D eigenvalue weighted by Gasteiger charge is -2.18. The average molecular weight is 358 g/mol. The first-order valence-electron chi connectivity index (χ1n) is 8.60. The van der Waals surface area contributed by atoms with Crippen molar-refractivity contribution in [1.82, 2.24) is 10.2 Å². The Kier molecular flexibility index (Phi) is 7.61. The third-order valence-electron chi connectivity index (χ3n) is 3.71. The van der Waals surface area contributed by atoms with Gasteiger partial charge in [-0.05, 0) is 48.9 Å². The van der Waals surface area contributed by atoms with Crippen LogP contribution in [0.1, 0.15) is 12.5 Å². The minimum absolute atomic E-state index is 0.141. The molecule has 0 unspecified atom stereocenters. The van der Waals surface area contributed by atoms with E-state index in [-0.39, 0.29) is 6.03 Å². The molecule has 0 aliphatic carbocycles. The first-order valence-corrected chi connectivity index (χ1v) is 8.60. The minimum atomic E-state index is -0.141. The van der Waals surface area contributed by atoms with E-state index in [1.54, 1.807) is 19.1 Å². The molecule has 0 saturated carbocycles. The second-order valence-electron chi connectivity index (χ2n) is 5.69. The van der Waals surface area contributed by atoms with Crippen molar-refractivity contribution in [2.24, 2.45) is 0 Å². The van der Waals surface area contributed by atoms with Crippen LogP contribution in [0.4, 0.5) is 4.79 Å². The molecule has 2 aromatic carbocycles. The largest absolute Gasteiger partial charge is 0.497 e. The van der Waals surface area contributed by atoms with Crippen LogP contribution in [0.3, 0.4) is 0 Å². The molecule has 2 rings (SSSR count). The fourth-order valence-corrected chi connectivity index (χ4v) is 2.34. The molecule has 6 nitrogen and oxygen atoms in total. The summed E-state index contributed by atoms with van der Waals surface area (Å²) in [4.78, 5) is 13.8. The molecule has 0 heterocycles. The second kappa shape index (κ2) is 10.2. The molecular formula is C20H26N2O4. The van der Waals surface area contributed by atoms with Crippen LogP contribution < -0.4 is 19.5 Å². The molecule has 2 aromatic rings. The topological polar surface area (TPSA) is 60.0 Å². The highest BCUT2D eigenvalue weighted by Crippen LogP contribution is 2.16. The summed E-state index contributed by atoms with van der Waals surface area (Å²) < 4.78 is 16.1. The molecule has 0 aromatic heterocycles. The molecule has 1 N–H and O–H groups in total. The van der Waals surface area contributed by atoms with E-state index in [4.69, 9.17) is 14.2 Å². The number of amides is 2. The van der Waals surface area contributed by atoms with Gasteiger partial charge in [-0.25, -0.2) is 4.79 Å². The van der Waals surface area contributed by atoms with E-state index in [0.717, 1.165) is 22.8 Å². The Hall–Kier alpha value is -2.89. The molecule has 0 aliphatic heterocycles. The Bertz CT molecular complexity index is 671. The molecule has 0 spiro atoms. The van der Waals surface area contributed by atoms with Crippen LogP contribution in [-0.2, 0) is 6.54 Å². The molecule has 140 valence electrons. The van der Waals surface area contributed by atoms with Gasteiger partial charge < -0.3 is 24.4 Å². The monoisotopic (exact) mass is 358 g/mol. The van der Waals surface area contributed by atoms with Crippen molar-refractivity contribution < 1.29 is 19.0 Å². The van der Waals surface area contributed by atoms with E-state index in [9.17, 15) is 4.79 Å². The van der Waals surface area contributed by atoms with E-state index in [1.165, 1.54) is 0 Å². The summed E-state index contributed by atoms with van der Waals surface area (Å²) in [5.41, 5.74) is 1.04. The number of hydrogen-bond donors (Lipinski definition) is 1. The average Bonchev–Trinajstić information content (AvgIpc) is 2.67. The number of carbonyl (C=O) groups excluding carboxylic acids is 1. The van der Waals surface area contributed by atoms with Gasteiger partial charge in [0.25, 0.3) is 0 Å². The smallest absolute Gasteiger partial charge is 0.317 e. The third kappa shape index (κ3) is 6.20. The van der Waals surface area contributed by atoms with Crippen molar-refractivity contribution in [2.45, 2.75) is 13.5 Å². The normalized spacial score (nSPS) is 10.1. The predicted molar refractivity (Wildman–Crippen MR) is 101 cm³/mol. The van der Waals surface area contributed by atoms with Crippen molar-refractivity contribution >= 4 is 6.03 Å². The summed E-state index contributed by atoms with van der Waals surface area (Å²) in [5, 5.41) is 2.84. The molecule has 0 aliphatic rings. The number of urea groups is 1. The Morgan fingerprint density at radius 1 is 0.962 bits per heavy atom. The fourth-order valence-electron chi connectivity index (χ4n) is 2.34. The Labute approximate surface area is 154 Å². The Balaban J connectivity index is 1.69. The number of ether oxygens (including phenoxy) is 3. The van der Waals surface area contributed by atoms with Crippen LogP contribution in [0.5, 0.6) is 17.2 Å². The molecular weight excluding hydrogens is 332 g/mol. The molecule has 6 heteroatoms. The quantitative estimate of drug-likeness (QED) is 0.699. The van der Waals surface area contributed by atoms with Crippen molar-refractivity contribution in [3.05, 3.63) is 54.1 Å². The van der Waals surface area contributed by atoms with Crippen LogP contribution in [0.15, 0.2) is 48.5 Å². The van der Waals surface area contributed by atoms with Gasteiger partial charge in [0.15, 0.2) is 0 Å². The summed E-state index contributed by atoms with van der Waals surface area (Å²) in [7, 11) is 3.38. The first-order chi connectivity index (χ1) is 12.6. The fraction of sp³-hybridized carbons (Fsp3) is 0.350. The number of methoxy groups -OCH3 is 1. The van der Waals surface area contributed by atoms with Crippen molar-refractivity contribution in [1.29, 1.82) is 0 Å². The van der Waals surface area contributed by atoms with Gasteiger partial charge in [-0.2, -0.15) is 0 Å². The molecule has 0 fully saturated rings. The van der Waals surface area contributed by atoms with Gasteiger partial charge >= 0.3 is 6.03 Å². The van der Waals surface area contributed by atoms with Crippen LogP contribution in [-0.4, -0.2) is 44.8 Å². The molecule has 0 bridgehead atoms. The van der Waals surface area contributed by atoms with Gasteiger partial charge in [0.1, 0.15) is 23.9 Å². The SMILES string of the molecule is CCOc1ccc(CN(C)C(=O)NCCOc2ccc(OC)cc2)cc1. The summed E-state index contributed by atoms with van der Waals surface area (Å²) in [6, 6.07) is 14.9. The van der Waals surface area contributed by atoms with Gasteiger partial charge in [0, 0.05) is 13.6 Å². The highest BCUT2D eigenvalue weighted by molar-refractivity contribution is 5.73. The predicted octanol–water partition coefficient (Wildman–Crippen LogP) is 3.31. The van der Waals surface area contributed by atoms with E-state index in [0.29, 0.717) is 26.3 Å². The molecule has 26 heavy (non-hydrogen) atoms. The molecule has 2 amide bonds. The summed E-state index contributed by atoms with van der Waals surface area (Å²) in [6.45, 7) is 3.94. The maximum absolute atomic E-state index is 12.1. The van der Waals surface area contributed by atoms with E-state index >= 15 is 0 Å². The van der Waals surface area contributed by atoms with Crippen LogP contribution in [0.2, 0.25) is 0 Å². The maximum Gasteiger partial charge on any atom is 0.317 e. The number of carbonyl (C=O) groups is 1. The lowest BCUT2D eigenvalue weighted by atomic mass is 10.2. The van der Waals surface area contributed by atoms with E-state index in [2.05, 4.69) is 5.32 Å². The first kappa shape index (κ1) is 19.4. The summed E-state index contributed by atoms with van der Waals surface area (Å²) in [6.07, 6.45) is 0. The van der Waals surface area contributed by atoms with E-state index < -0.39 is 0 Å². The third-order valence-corrected chi connectivity index (χ3v) is 3.71. The Morgan fingerprint density at radius 3 is 2.15 bits per heavy atom. The Morgan fingerprint density at radius 2 is 1.54 bits per heavy atom. The van der Waals surface area contributed by atoms with Crippen molar-refractivity contribution in [3.8, 4) is 17.2 Å². The van der Waals surface area contributed by atoms with E-state index in [1.807, 2.05) is 55.5 Å². The minimum Gasteiger partial charge on any atom is -0.497 e. The zero-order valence-electron chi connectivity index (χ0n) is 15.5. The zero-order valence-corrected chi connectivity index (χ0v) is 15.5. The van der Waals surface area contributed by atoms with Crippen LogP contribution in [0.25, 0.3) is 0 Å². The van der Waals surface area contributed by atoms with Gasteiger partial charge in [-0.1, -0.05) is 12.1 Å². The van der Waals surface area contributed by atoms with Crippen LogP contribution in [0, 0.1) is 0 Å². The maximum atomic E-state index is 12.1. The number of nitrogens with zero attached hydrogens (tertiary/aromatic N) is 1. The second-order valence-corrected chi connectivity index (χ2v) is 5.69. The highest BCUT2D eigenvalue weighted by Gasteiger charge is 2.08. The molecule has 0 atom stereocenters.